The number of carboxylic acid groups (broad SMARTS) is 1. The summed E-state index contributed by atoms with van der Waals surface area (Å²) in [6.07, 6.45) is 11.5. The van der Waals surface area contributed by atoms with Crippen molar-refractivity contribution in [2.24, 2.45) is 0 Å². The van der Waals surface area contributed by atoms with Crippen LogP contribution in [0.4, 0.5) is 4.79 Å². The van der Waals surface area contributed by atoms with Crippen LogP contribution in [-0.4, -0.2) is 22.1 Å². The second-order valence-corrected chi connectivity index (χ2v) is 10.8. The number of hydrogen-bond donors (Lipinski definition) is 1. The summed E-state index contributed by atoms with van der Waals surface area (Å²) in [6, 6.07) is 18.0. The van der Waals surface area contributed by atoms with Crippen LogP contribution in [-0.2, 0) is 18.4 Å². The van der Waals surface area contributed by atoms with Crippen molar-refractivity contribution in [3.05, 3.63) is 82.9 Å². The molecule has 4 rings (SSSR count). The fourth-order valence-corrected chi connectivity index (χ4v) is 6.71. The molecule has 0 aliphatic heterocycles. The average molecular weight is 474 g/mol. The van der Waals surface area contributed by atoms with E-state index in [0.717, 1.165) is 76.2 Å². The van der Waals surface area contributed by atoms with Gasteiger partial charge in [-0.1, -0.05) is 107 Å². The van der Waals surface area contributed by atoms with Gasteiger partial charge in [0.25, 0.3) is 0 Å². The van der Waals surface area contributed by atoms with Gasteiger partial charge in [-0.3, -0.25) is 4.90 Å². The predicted octanol–water partition coefficient (Wildman–Crippen LogP) is 8.62. The Morgan fingerprint density at radius 1 is 0.943 bits per heavy atom. The van der Waals surface area contributed by atoms with Crippen molar-refractivity contribution in [3.63, 3.8) is 0 Å². The molecular formula is C32H43NO2. The molecule has 0 heterocycles. The molecule has 0 aromatic heterocycles. The number of amides is 1. The Bertz CT molecular complexity index is 987. The quantitative estimate of drug-likeness (QED) is 0.390. The van der Waals surface area contributed by atoms with Crippen molar-refractivity contribution in [1.29, 1.82) is 0 Å². The summed E-state index contributed by atoms with van der Waals surface area (Å²) in [7, 11) is 0. The molecule has 2 unspecified atom stereocenters. The number of benzene rings is 2. The Balaban J connectivity index is 1.87. The zero-order chi connectivity index (χ0) is 24.8. The predicted molar refractivity (Wildman–Crippen MR) is 145 cm³/mol. The zero-order valence-electron chi connectivity index (χ0n) is 21.8. The van der Waals surface area contributed by atoms with Crippen LogP contribution < -0.4 is 0 Å². The van der Waals surface area contributed by atoms with Gasteiger partial charge >= 0.3 is 6.09 Å². The summed E-state index contributed by atoms with van der Waals surface area (Å²) in [5.74, 6) is 0.0643. The molecular weight excluding hydrogens is 430 g/mol. The van der Waals surface area contributed by atoms with E-state index in [-0.39, 0.29) is 12.0 Å². The smallest absolute Gasteiger partial charge is 0.408 e. The van der Waals surface area contributed by atoms with E-state index in [2.05, 4.69) is 69.0 Å². The van der Waals surface area contributed by atoms with Crippen LogP contribution in [0.5, 0.6) is 0 Å². The molecule has 2 aliphatic carbocycles. The first-order valence-electron chi connectivity index (χ1n) is 13.9. The molecule has 1 amide bonds. The molecule has 2 aromatic carbocycles. The minimum atomic E-state index is -0.769. The van der Waals surface area contributed by atoms with E-state index in [1.165, 1.54) is 28.7 Å². The van der Waals surface area contributed by atoms with E-state index >= 15 is 0 Å². The van der Waals surface area contributed by atoms with E-state index < -0.39 is 11.6 Å². The Morgan fingerprint density at radius 3 is 2.06 bits per heavy atom. The highest BCUT2D eigenvalue weighted by Gasteiger charge is 2.52. The Kier molecular flexibility index (Phi) is 8.36. The highest BCUT2D eigenvalue weighted by molar-refractivity contribution is 5.68. The second kappa shape index (κ2) is 11.5. The third-order valence-electron chi connectivity index (χ3n) is 8.42. The summed E-state index contributed by atoms with van der Waals surface area (Å²) in [5, 5.41) is 10.8. The van der Waals surface area contributed by atoms with Gasteiger partial charge in [0.2, 0.25) is 0 Å². The molecule has 2 aromatic rings. The molecule has 0 bridgehead atoms. The van der Waals surface area contributed by atoms with E-state index in [4.69, 9.17) is 0 Å². The monoisotopic (exact) mass is 473 g/mol. The number of hydrogen-bond acceptors (Lipinski definition) is 1. The SMILES string of the molecule is C=C1CCC(c2ccc(CCC)cc2)(N(C(=O)O)C2CCCCC2)C(c2ccc(CCC)cc2)C1. The standard InChI is InChI=1S/C32H43NO2/c1-4-9-25-13-17-27(18-14-25)30-23-24(3)21-22-32(30,28-19-15-26(10-5-2)16-20-28)33(31(34)35)29-11-7-6-8-12-29/h13-20,29-30H,3-12,21-23H2,1-2H3,(H,34,35). The van der Waals surface area contributed by atoms with Gasteiger partial charge in [0.15, 0.2) is 0 Å². The van der Waals surface area contributed by atoms with Crippen LogP contribution in [0.1, 0.15) is 106 Å². The molecule has 0 spiro atoms. The summed E-state index contributed by atoms with van der Waals surface area (Å²) < 4.78 is 0. The van der Waals surface area contributed by atoms with Crippen LogP contribution >= 0.6 is 0 Å². The van der Waals surface area contributed by atoms with Gasteiger partial charge in [0, 0.05) is 12.0 Å². The lowest BCUT2D eigenvalue weighted by molar-refractivity contribution is -0.000176. The fourth-order valence-electron chi connectivity index (χ4n) is 6.71. The topological polar surface area (TPSA) is 40.5 Å². The lowest BCUT2D eigenvalue weighted by Gasteiger charge is -2.54. The first-order valence-corrected chi connectivity index (χ1v) is 13.9. The first kappa shape index (κ1) is 25.5. The van der Waals surface area contributed by atoms with E-state index in [1.807, 2.05) is 4.90 Å². The number of aryl methyl sites for hydroxylation is 2. The molecule has 0 radical (unpaired) electrons. The Labute approximate surface area is 212 Å². The molecule has 2 aliphatic rings. The summed E-state index contributed by atoms with van der Waals surface area (Å²) in [5.41, 5.74) is 5.73. The van der Waals surface area contributed by atoms with Crippen LogP contribution in [0.25, 0.3) is 0 Å². The maximum atomic E-state index is 13.1. The van der Waals surface area contributed by atoms with Gasteiger partial charge in [0.1, 0.15) is 0 Å². The van der Waals surface area contributed by atoms with Gasteiger partial charge in [-0.05, 0) is 67.2 Å². The van der Waals surface area contributed by atoms with Gasteiger partial charge in [-0.25, -0.2) is 4.79 Å². The van der Waals surface area contributed by atoms with Crippen LogP contribution in [0.15, 0.2) is 60.7 Å². The maximum Gasteiger partial charge on any atom is 0.408 e. The molecule has 3 heteroatoms. The minimum absolute atomic E-state index is 0.0643. The van der Waals surface area contributed by atoms with E-state index in [1.54, 1.807) is 0 Å². The fraction of sp³-hybridized carbons (Fsp3) is 0.531. The highest BCUT2D eigenvalue weighted by Crippen LogP contribution is 2.54. The van der Waals surface area contributed by atoms with Crippen molar-refractivity contribution < 1.29 is 9.90 Å². The second-order valence-electron chi connectivity index (χ2n) is 10.8. The third kappa shape index (κ3) is 5.34. The van der Waals surface area contributed by atoms with Crippen molar-refractivity contribution >= 4 is 6.09 Å². The number of carbonyl (C=O) groups is 1. The lowest BCUT2D eigenvalue weighted by Crippen LogP contribution is -2.58. The highest BCUT2D eigenvalue weighted by atomic mass is 16.4. The third-order valence-corrected chi connectivity index (χ3v) is 8.42. The largest absolute Gasteiger partial charge is 0.465 e. The molecule has 2 fully saturated rings. The van der Waals surface area contributed by atoms with Gasteiger partial charge in [0.05, 0.1) is 5.54 Å². The maximum absolute atomic E-state index is 13.1. The molecule has 2 atom stereocenters. The van der Waals surface area contributed by atoms with Gasteiger partial charge < -0.3 is 5.11 Å². The van der Waals surface area contributed by atoms with Crippen LogP contribution in [0.2, 0.25) is 0 Å². The van der Waals surface area contributed by atoms with E-state index in [9.17, 15) is 9.90 Å². The molecule has 188 valence electrons. The zero-order valence-corrected chi connectivity index (χ0v) is 21.8. The van der Waals surface area contributed by atoms with Gasteiger partial charge in [-0.15, -0.1) is 0 Å². The molecule has 1 N–H and O–H groups in total. The van der Waals surface area contributed by atoms with Crippen LogP contribution in [0.3, 0.4) is 0 Å². The molecule has 0 saturated heterocycles. The molecule has 2 saturated carbocycles. The number of allylic oxidation sites excluding steroid dienone is 1. The van der Waals surface area contributed by atoms with Crippen molar-refractivity contribution in [2.45, 2.75) is 108 Å². The van der Waals surface area contributed by atoms with Crippen molar-refractivity contribution in [2.75, 3.05) is 0 Å². The number of rotatable bonds is 8. The first-order chi connectivity index (χ1) is 17.0. The molecule has 35 heavy (non-hydrogen) atoms. The van der Waals surface area contributed by atoms with Crippen molar-refractivity contribution in [3.8, 4) is 0 Å². The normalized spacial score (nSPS) is 23.3. The Morgan fingerprint density at radius 2 is 1.51 bits per heavy atom. The average Bonchev–Trinajstić information content (AvgIpc) is 2.87. The summed E-state index contributed by atoms with van der Waals surface area (Å²) >= 11 is 0. The molecule has 3 nitrogen and oxygen atoms in total. The summed E-state index contributed by atoms with van der Waals surface area (Å²) in [6.45, 7) is 8.80. The Hall–Kier alpha value is -2.55. The number of nitrogens with zero attached hydrogens (tertiary/aromatic N) is 1. The van der Waals surface area contributed by atoms with Gasteiger partial charge in [-0.2, -0.15) is 0 Å². The lowest BCUT2D eigenvalue weighted by atomic mass is 9.63. The van der Waals surface area contributed by atoms with Crippen molar-refractivity contribution in [1.82, 2.24) is 4.90 Å². The summed E-state index contributed by atoms with van der Waals surface area (Å²) in [4.78, 5) is 15.1. The van der Waals surface area contributed by atoms with E-state index in [0.29, 0.717) is 0 Å². The van der Waals surface area contributed by atoms with Crippen LogP contribution in [0, 0.1) is 0 Å². The minimum Gasteiger partial charge on any atom is -0.465 e.